The maximum absolute atomic E-state index is 11.8. The van der Waals surface area contributed by atoms with Gasteiger partial charge in [0.15, 0.2) is 17.5 Å². The number of ether oxygens (including phenoxy) is 2. The molecule has 0 aromatic heterocycles. The van der Waals surface area contributed by atoms with E-state index in [1.165, 1.54) is 11.1 Å². The Bertz CT molecular complexity index is 933. The summed E-state index contributed by atoms with van der Waals surface area (Å²) >= 11 is 0. The summed E-state index contributed by atoms with van der Waals surface area (Å²) in [6.07, 6.45) is 1.73. The van der Waals surface area contributed by atoms with Gasteiger partial charge in [-0.3, -0.25) is 9.79 Å². The summed E-state index contributed by atoms with van der Waals surface area (Å²) in [4.78, 5) is 18.5. The standard InChI is InChI=1S/C23H30N4O3.HI/c1-24-22(28)18-7-5-6-16(12-18)8-10-26-23(25-2)27-11-9-17-13-20(29-3)21(30-4)14-19(17)15-27;/h5-7,12-14H,8-11,15H2,1-4H3,(H,24,28)(H,25,26);1H. The minimum absolute atomic E-state index is 0. The molecule has 0 saturated heterocycles. The third-order valence-electron chi connectivity index (χ3n) is 5.34. The highest BCUT2D eigenvalue weighted by Crippen LogP contribution is 2.33. The first-order chi connectivity index (χ1) is 14.6. The Labute approximate surface area is 201 Å². The molecule has 7 nitrogen and oxygen atoms in total. The van der Waals surface area contributed by atoms with Crippen LogP contribution < -0.4 is 20.1 Å². The van der Waals surface area contributed by atoms with Crippen molar-refractivity contribution in [3.63, 3.8) is 0 Å². The molecule has 0 aliphatic carbocycles. The summed E-state index contributed by atoms with van der Waals surface area (Å²) in [6, 6.07) is 11.8. The predicted octanol–water partition coefficient (Wildman–Crippen LogP) is 2.86. The van der Waals surface area contributed by atoms with Crippen molar-refractivity contribution in [1.82, 2.24) is 15.5 Å². The van der Waals surface area contributed by atoms with Crippen molar-refractivity contribution in [3.05, 3.63) is 58.7 Å². The van der Waals surface area contributed by atoms with Crippen LogP contribution in [0.25, 0.3) is 0 Å². The second kappa shape index (κ2) is 11.8. The number of nitrogens with one attached hydrogen (secondary N) is 2. The Morgan fingerprint density at radius 2 is 1.84 bits per heavy atom. The number of methoxy groups -OCH3 is 2. The number of hydrogen-bond donors (Lipinski definition) is 2. The fourth-order valence-corrected chi connectivity index (χ4v) is 3.73. The zero-order valence-electron chi connectivity index (χ0n) is 18.5. The maximum Gasteiger partial charge on any atom is 0.251 e. The fraction of sp³-hybridized carbons (Fsp3) is 0.391. The van der Waals surface area contributed by atoms with Gasteiger partial charge in [0, 0.05) is 39.3 Å². The van der Waals surface area contributed by atoms with E-state index in [1.54, 1.807) is 28.3 Å². The summed E-state index contributed by atoms with van der Waals surface area (Å²) in [7, 11) is 6.77. The molecule has 0 atom stereocenters. The number of halogens is 1. The van der Waals surface area contributed by atoms with Gasteiger partial charge in [-0.1, -0.05) is 12.1 Å². The van der Waals surface area contributed by atoms with Crippen molar-refractivity contribution < 1.29 is 14.3 Å². The molecule has 1 amide bonds. The minimum Gasteiger partial charge on any atom is -0.493 e. The van der Waals surface area contributed by atoms with Crippen LogP contribution in [0.5, 0.6) is 11.5 Å². The fourth-order valence-electron chi connectivity index (χ4n) is 3.73. The van der Waals surface area contributed by atoms with Crippen LogP contribution in [-0.4, -0.2) is 58.2 Å². The van der Waals surface area contributed by atoms with Crippen LogP contribution in [0, 0.1) is 0 Å². The molecule has 0 spiro atoms. The number of hydrogen-bond acceptors (Lipinski definition) is 4. The van der Waals surface area contributed by atoms with E-state index in [0.29, 0.717) is 5.56 Å². The quantitative estimate of drug-likeness (QED) is 0.336. The van der Waals surface area contributed by atoms with Crippen LogP contribution in [0.4, 0.5) is 0 Å². The van der Waals surface area contributed by atoms with E-state index in [1.807, 2.05) is 24.3 Å². The highest BCUT2D eigenvalue weighted by Gasteiger charge is 2.21. The highest BCUT2D eigenvalue weighted by atomic mass is 127. The highest BCUT2D eigenvalue weighted by molar-refractivity contribution is 14.0. The number of carbonyl (C=O) groups is 1. The zero-order chi connectivity index (χ0) is 21.5. The largest absolute Gasteiger partial charge is 0.493 e. The molecule has 2 aromatic rings. The molecule has 1 aliphatic rings. The molecule has 1 aliphatic heterocycles. The molecule has 0 unspecified atom stereocenters. The van der Waals surface area contributed by atoms with Crippen molar-refractivity contribution >= 4 is 35.8 Å². The number of benzene rings is 2. The van der Waals surface area contributed by atoms with Crippen molar-refractivity contribution in [1.29, 1.82) is 0 Å². The van der Waals surface area contributed by atoms with Crippen LogP contribution in [0.2, 0.25) is 0 Å². The SMILES string of the molecule is CN=C(NCCc1cccc(C(=O)NC)c1)N1CCc2cc(OC)c(OC)cc2C1.I. The average Bonchev–Trinajstić information content (AvgIpc) is 2.80. The van der Waals surface area contributed by atoms with Gasteiger partial charge in [0.05, 0.1) is 14.2 Å². The molecule has 2 N–H and O–H groups in total. The van der Waals surface area contributed by atoms with Gasteiger partial charge in [-0.05, 0) is 53.8 Å². The molecule has 8 heteroatoms. The lowest BCUT2D eigenvalue weighted by Crippen LogP contribution is -2.44. The summed E-state index contributed by atoms with van der Waals surface area (Å²) in [5.41, 5.74) is 4.29. The zero-order valence-corrected chi connectivity index (χ0v) is 20.9. The lowest BCUT2D eigenvalue weighted by atomic mass is 9.99. The molecule has 3 rings (SSSR count). The van der Waals surface area contributed by atoms with E-state index in [9.17, 15) is 4.79 Å². The summed E-state index contributed by atoms with van der Waals surface area (Å²) < 4.78 is 10.9. The molecule has 0 radical (unpaired) electrons. The van der Waals surface area contributed by atoms with Crippen molar-refractivity contribution in [2.75, 3.05) is 41.4 Å². The Morgan fingerprint density at radius 3 is 2.48 bits per heavy atom. The molecule has 0 bridgehead atoms. The summed E-state index contributed by atoms with van der Waals surface area (Å²) in [5.74, 6) is 2.32. The number of guanidine groups is 1. The second-order valence-electron chi connectivity index (χ2n) is 7.15. The first-order valence-electron chi connectivity index (χ1n) is 10.1. The third-order valence-corrected chi connectivity index (χ3v) is 5.34. The van der Waals surface area contributed by atoms with Gasteiger partial charge in [0.25, 0.3) is 5.91 Å². The van der Waals surface area contributed by atoms with Crippen LogP contribution in [0.3, 0.4) is 0 Å². The first kappa shape index (κ1) is 24.8. The van der Waals surface area contributed by atoms with E-state index in [2.05, 4.69) is 32.7 Å². The van der Waals surface area contributed by atoms with Gasteiger partial charge < -0.3 is 25.0 Å². The van der Waals surface area contributed by atoms with Crippen molar-refractivity contribution in [2.45, 2.75) is 19.4 Å². The van der Waals surface area contributed by atoms with Gasteiger partial charge in [-0.25, -0.2) is 0 Å². The molecular formula is C23H31IN4O3. The summed E-state index contributed by atoms with van der Waals surface area (Å²) in [6.45, 7) is 2.38. The third kappa shape index (κ3) is 6.03. The number of amides is 1. The monoisotopic (exact) mass is 538 g/mol. The molecule has 2 aromatic carbocycles. The van der Waals surface area contributed by atoms with Gasteiger partial charge >= 0.3 is 0 Å². The van der Waals surface area contributed by atoms with Gasteiger partial charge in [0.1, 0.15) is 0 Å². The Hall–Kier alpha value is -2.49. The van der Waals surface area contributed by atoms with E-state index in [0.717, 1.165) is 55.5 Å². The number of fused-ring (bicyclic) bond motifs is 1. The molecule has 1 heterocycles. The Morgan fingerprint density at radius 1 is 1.13 bits per heavy atom. The smallest absolute Gasteiger partial charge is 0.251 e. The van der Waals surface area contributed by atoms with Gasteiger partial charge in [-0.15, -0.1) is 24.0 Å². The lowest BCUT2D eigenvalue weighted by molar-refractivity contribution is 0.0963. The number of rotatable bonds is 6. The number of nitrogens with zero attached hydrogens (tertiary/aromatic N) is 2. The van der Waals surface area contributed by atoms with Gasteiger partial charge in [0.2, 0.25) is 0 Å². The predicted molar refractivity (Wildman–Crippen MR) is 134 cm³/mol. The molecule has 168 valence electrons. The van der Waals surface area contributed by atoms with Crippen LogP contribution in [-0.2, 0) is 19.4 Å². The topological polar surface area (TPSA) is 75.2 Å². The average molecular weight is 538 g/mol. The van der Waals surface area contributed by atoms with Crippen LogP contribution >= 0.6 is 24.0 Å². The molecule has 0 fully saturated rings. The van der Waals surface area contributed by atoms with Crippen molar-refractivity contribution in [2.24, 2.45) is 4.99 Å². The van der Waals surface area contributed by atoms with Gasteiger partial charge in [-0.2, -0.15) is 0 Å². The Kier molecular flexibility index (Phi) is 9.42. The minimum atomic E-state index is -0.0698. The maximum atomic E-state index is 11.8. The second-order valence-corrected chi connectivity index (χ2v) is 7.15. The van der Waals surface area contributed by atoms with Crippen LogP contribution in [0.15, 0.2) is 41.4 Å². The van der Waals surface area contributed by atoms with Crippen LogP contribution in [0.1, 0.15) is 27.0 Å². The Balaban J connectivity index is 0.00000341. The van der Waals surface area contributed by atoms with E-state index >= 15 is 0 Å². The number of aliphatic imine (C=N–C) groups is 1. The van der Waals surface area contributed by atoms with E-state index < -0.39 is 0 Å². The molecule has 0 saturated carbocycles. The first-order valence-corrected chi connectivity index (χ1v) is 10.1. The molecular weight excluding hydrogens is 507 g/mol. The lowest BCUT2D eigenvalue weighted by Gasteiger charge is -2.32. The van der Waals surface area contributed by atoms with Crippen molar-refractivity contribution in [3.8, 4) is 11.5 Å². The molecule has 31 heavy (non-hydrogen) atoms. The summed E-state index contributed by atoms with van der Waals surface area (Å²) in [5, 5.41) is 6.11. The normalized spacial score (nSPS) is 13.0. The van der Waals surface area contributed by atoms with E-state index in [4.69, 9.17) is 9.47 Å². The van der Waals surface area contributed by atoms with E-state index in [-0.39, 0.29) is 29.9 Å². The number of carbonyl (C=O) groups excluding carboxylic acids is 1.